The summed E-state index contributed by atoms with van der Waals surface area (Å²) in [5, 5.41) is 23.2. The van der Waals surface area contributed by atoms with Gasteiger partial charge in [0.15, 0.2) is 0 Å². The summed E-state index contributed by atoms with van der Waals surface area (Å²) in [4.78, 5) is 28.5. The second kappa shape index (κ2) is 7.49. The number of carboxylic acids is 3. The van der Waals surface area contributed by atoms with Crippen LogP contribution in [0.4, 0.5) is 13.2 Å². The van der Waals surface area contributed by atoms with Crippen LogP contribution in [0, 0.1) is 0 Å². The molecule has 3 N–H and O–H groups in total. The van der Waals surface area contributed by atoms with E-state index < -0.39 is 24.1 Å². The first-order valence-corrected chi connectivity index (χ1v) is 3.81. The molecule has 0 spiro atoms. The first-order valence-electron chi connectivity index (χ1n) is 3.81. The molecule has 0 heterocycles. The summed E-state index contributed by atoms with van der Waals surface area (Å²) in [6, 6.07) is 0. The van der Waals surface area contributed by atoms with Crippen molar-refractivity contribution in [3.8, 4) is 0 Å². The van der Waals surface area contributed by atoms with E-state index in [0.29, 0.717) is 0 Å². The Labute approximate surface area is 87.3 Å². The van der Waals surface area contributed by atoms with Gasteiger partial charge in [-0.25, -0.2) is 4.79 Å². The number of halogens is 3. The van der Waals surface area contributed by atoms with E-state index in [9.17, 15) is 22.8 Å². The zero-order valence-electron chi connectivity index (χ0n) is 7.82. The van der Waals surface area contributed by atoms with Crippen molar-refractivity contribution in [2.45, 2.75) is 25.4 Å². The Morgan fingerprint density at radius 3 is 1.25 bits per heavy atom. The number of carboxylic acid groups (broad SMARTS) is 3. The van der Waals surface area contributed by atoms with E-state index in [0.717, 1.165) is 0 Å². The number of rotatable bonds is 4. The van der Waals surface area contributed by atoms with Gasteiger partial charge in [-0.05, 0) is 6.42 Å². The van der Waals surface area contributed by atoms with Crippen molar-refractivity contribution in [3.05, 3.63) is 0 Å². The monoisotopic (exact) mass is 246 g/mol. The van der Waals surface area contributed by atoms with Crippen LogP contribution in [-0.2, 0) is 14.4 Å². The fraction of sp³-hybridized carbons (Fsp3) is 0.571. The molecule has 0 aromatic heterocycles. The highest BCUT2D eigenvalue weighted by Gasteiger charge is 2.38. The minimum atomic E-state index is -5.08. The standard InChI is InChI=1S/C5H8O4.C2HF3O2/c6-4(7)2-1-3-5(8)9;3-2(4,5)1(6)7/h1-3H2,(H,6,7)(H,8,9);(H,6,7). The summed E-state index contributed by atoms with van der Waals surface area (Å²) >= 11 is 0. The van der Waals surface area contributed by atoms with E-state index in [1.54, 1.807) is 0 Å². The molecule has 0 saturated carbocycles. The Balaban J connectivity index is 0. The summed E-state index contributed by atoms with van der Waals surface area (Å²) in [6.07, 6.45) is -5.00. The fourth-order valence-corrected chi connectivity index (χ4v) is 0.391. The first kappa shape index (κ1) is 16.6. The van der Waals surface area contributed by atoms with Gasteiger partial charge in [0.05, 0.1) is 0 Å². The van der Waals surface area contributed by atoms with Crippen molar-refractivity contribution in [1.82, 2.24) is 0 Å². The molecule has 0 amide bonds. The molecule has 0 aliphatic rings. The van der Waals surface area contributed by atoms with Crippen LogP contribution in [0.25, 0.3) is 0 Å². The third kappa shape index (κ3) is 14.7. The van der Waals surface area contributed by atoms with Crippen LogP contribution in [-0.4, -0.2) is 39.4 Å². The van der Waals surface area contributed by atoms with Gasteiger partial charge in [-0.2, -0.15) is 13.2 Å². The average molecular weight is 246 g/mol. The topological polar surface area (TPSA) is 112 Å². The Hall–Kier alpha value is -1.80. The third-order valence-corrected chi connectivity index (χ3v) is 1.02. The van der Waals surface area contributed by atoms with Crippen LogP contribution >= 0.6 is 0 Å². The van der Waals surface area contributed by atoms with Gasteiger partial charge in [-0.1, -0.05) is 0 Å². The molecule has 0 atom stereocenters. The number of carbonyl (C=O) groups is 3. The predicted molar refractivity (Wildman–Crippen MR) is 42.8 cm³/mol. The first-order chi connectivity index (χ1) is 7.07. The maximum Gasteiger partial charge on any atom is 0.490 e. The third-order valence-electron chi connectivity index (χ3n) is 1.02. The molecule has 16 heavy (non-hydrogen) atoms. The second-order valence-electron chi connectivity index (χ2n) is 2.44. The van der Waals surface area contributed by atoms with E-state index in [1.807, 2.05) is 0 Å². The van der Waals surface area contributed by atoms with Crippen molar-refractivity contribution >= 4 is 17.9 Å². The molecule has 9 heteroatoms. The second-order valence-corrected chi connectivity index (χ2v) is 2.44. The Kier molecular flexibility index (Phi) is 7.78. The Morgan fingerprint density at radius 2 is 1.12 bits per heavy atom. The predicted octanol–water partition coefficient (Wildman–Crippen LogP) is 0.959. The van der Waals surface area contributed by atoms with Gasteiger partial charge in [0.2, 0.25) is 0 Å². The molecule has 0 aromatic rings. The lowest BCUT2D eigenvalue weighted by Gasteiger charge is -1.93. The number of hydrogen-bond donors (Lipinski definition) is 3. The zero-order valence-corrected chi connectivity index (χ0v) is 7.82. The highest BCUT2D eigenvalue weighted by atomic mass is 19.4. The maximum absolute atomic E-state index is 10.6. The van der Waals surface area contributed by atoms with Crippen molar-refractivity contribution in [2.24, 2.45) is 0 Å². The zero-order chi connectivity index (χ0) is 13.4. The van der Waals surface area contributed by atoms with E-state index >= 15 is 0 Å². The molecule has 94 valence electrons. The minimum Gasteiger partial charge on any atom is -0.481 e. The van der Waals surface area contributed by atoms with Crippen molar-refractivity contribution in [2.75, 3.05) is 0 Å². The van der Waals surface area contributed by atoms with Gasteiger partial charge in [0, 0.05) is 12.8 Å². The molecule has 6 nitrogen and oxygen atoms in total. The lowest BCUT2D eigenvalue weighted by Crippen LogP contribution is -2.21. The van der Waals surface area contributed by atoms with Crippen molar-refractivity contribution in [3.63, 3.8) is 0 Å². The SMILES string of the molecule is O=C(O)C(F)(F)F.O=C(O)CCCC(=O)O. The van der Waals surface area contributed by atoms with Crippen LogP contribution in [0.1, 0.15) is 19.3 Å². The number of hydrogen-bond acceptors (Lipinski definition) is 3. The van der Waals surface area contributed by atoms with Gasteiger partial charge in [0.1, 0.15) is 0 Å². The highest BCUT2D eigenvalue weighted by Crippen LogP contribution is 2.13. The van der Waals surface area contributed by atoms with E-state index in [-0.39, 0.29) is 19.3 Å². The molecule has 0 aliphatic heterocycles. The smallest absolute Gasteiger partial charge is 0.481 e. The van der Waals surface area contributed by atoms with Gasteiger partial charge in [0.25, 0.3) is 0 Å². The molecular weight excluding hydrogens is 237 g/mol. The molecule has 0 unspecified atom stereocenters. The number of aliphatic carboxylic acids is 3. The molecule has 0 aliphatic carbocycles. The van der Waals surface area contributed by atoms with Gasteiger partial charge in [-0.15, -0.1) is 0 Å². The lowest BCUT2D eigenvalue weighted by molar-refractivity contribution is -0.192. The molecule has 0 radical (unpaired) electrons. The summed E-state index contributed by atoms with van der Waals surface area (Å²) in [5.41, 5.74) is 0. The van der Waals surface area contributed by atoms with Crippen molar-refractivity contribution < 1.29 is 42.9 Å². The molecule has 0 saturated heterocycles. The lowest BCUT2D eigenvalue weighted by atomic mass is 10.2. The number of alkyl halides is 3. The minimum absolute atomic E-state index is 0.0632. The summed E-state index contributed by atoms with van der Waals surface area (Å²) in [6.45, 7) is 0. The maximum atomic E-state index is 10.6. The van der Waals surface area contributed by atoms with Crippen LogP contribution < -0.4 is 0 Å². The normalized spacial score (nSPS) is 9.94. The van der Waals surface area contributed by atoms with Crippen LogP contribution in [0.15, 0.2) is 0 Å². The average Bonchev–Trinajstić information content (AvgIpc) is 2.01. The van der Waals surface area contributed by atoms with E-state index in [2.05, 4.69) is 0 Å². The largest absolute Gasteiger partial charge is 0.490 e. The quantitative estimate of drug-likeness (QED) is 0.681. The van der Waals surface area contributed by atoms with Gasteiger partial charge < -0.3 is 15.3 Å². The summed E-state index contributed by atoms with van der Waals surface area (Å²) < 4.78 is 31.7. The molecule has 0 fully saturated rings. The van der Waals surface area contributed by atoms with E-state index in [1.165, 1.54) is 0 Å². The van der Waals surface area contributed by atoms with Crippen LogP contribution in [0.3, 0.4) is 0 Å². The van der Waals surface area contributed by atoms with Crippen molar-refractivity contribution in [1.29, 1.82) is 0 Å². The molecule has 0 rings (SSSR count). The van der Waals surface area contributed by atoms with Gasteiger partial charge >= 0.3 is 24.1 Å². The summed E-state index contributed by atoms with van der Waals surface area (Å²) in [7, 11) is 0. The van der Waals surface area contributed by atoms with Crippen LogP contribution in [0.5, 0.6) is 0 Å². The van der Waals surface area contributed by atoms with E-state index in [4.69, 9.17) is 20.1 Å². The fourth-order valence-electron chi connectivity index (χ4n) is 0.391. The molecular formula is C7H9F3O6. The Morgan fingerprint density at radius 1 is 0.875 bits per heavy atom. The summed E-state index contributed by atoms with van der Waals surface area (Å²) in [5.74, 6) is -4.65. The highest BCUT2D eigenvalue weighted by molar-refractivity contribution is 5.73. The molecule has 0 aromatic carbocycles. The Bertz CT molecular complexity index is 245. The van der Waals surface area contributed by atoms with Gasteiger partial charge in [-0.3, -0.25) is 9.59 Å². The van der Waals surface area contributed by atoms with Crippen LogP contribution in [0.2, 0.25) is 0 Å². The molecule has 0 bridgehead atoms.